The number of nitrogens with zero attached hydrogens (tertiary/aromatic N) is 1. The fourth-order valence-electron chi connectivity index (χ4n) is 1.85. The molecule has 2 aromatic rings. The summed E-state index contributed by atoms with van der Waals surface area (Å²) in [5, 5.41) is 1.59. The third kappa shape index (κ3) is 2.73. The van der Waals surface area contributed by atoms with Crippen molar-refractivity contribution in [1.82, 2.24) is 4.57 Å². The maximum Gasteiger partial charge on any atom is 0.333 e. The lowest BCUT2D eigenvalue weighted by Crippen LogP contribution is -2.19. The third-order valence-electron chi connectivity index (χ3n) is 2.99. The van der Waals surface area contributed by atoms with E-state index in [-0.39, 0.29) is 11.5 Å². The molecule has 1 aromatic heterocycles. The summed E-state index contributed by atoms with van der Waals surface area (Å²) >= 11 is 0. The number of pyridine rings is 1. The zero-order valence-corrected chi connectivity index (χ0v) is 10.9. The van der Waals surface area contributed by atoms with Gasteiger partial charge < -0.3 is 9.30 Å². The molecule has 0 aliphatic rings. The van der Waals surface area contributed by atoms with E-state index in [1.165, 1.54) is 7.11 Å². The van der Waals surface area contributed by atoms with Crippen LogP contribution in [0.3, 0.4) is 0 Å². The maximum atomic E-state index is 12.2. The van der Waals surface area contributed by atoms with Crippen LogP contribution in [0, 0.1) is 0 Å². The van der Waals surface area contributed by atoms with Crippen LogP contribution in [0.5, 0.6) is 0 Å². The first-order valence-electron chi connectivity index (χ1n) is 5.96. The molecule has 0 saturated carbocycles. The van der Waals surface area contributed by atoms with Crippen molar-refractivity contribution in [1.29, 1.82) is 0 Å². The van der Waals surface area contributed by atoms with Crippen LogP contribution in [-0.4, -0.2) is 17.6 Å². The zero-order chi connectivity index (χ0) is 13.8. The Bertz CT molecular complexity index is 698. The van der Waals surface area contributed by atoms with Gasteiger partial charge in [0.2, 0.25) is 0 Å². The van der Waals surface area contributed by atoms with Gasteiger partial charge >= 0.3 is 5.97 Å². The van der Waals surface area contributed by atoms with Crippen molar-refractivity contribution in [2.45, 2.75) is 13.5 Å². The normalized spacial score (nSPS) is 11.6. The molecule has 0 radical (unpaired) electrons. The maximum absolute atomic E-state index is 12.2. The predicted octanol–water partition coefficient (Wildman–Crippen LogP) is 2.12. The fraction of sp³-hybridized carbons (Fsp3) is 0.200. The van der Waals surface area contributed by atoms with Gasteiger partial charge in [-0.05, 0) is 24.4 Å². The van der Waals surface area contributed by atoms with Crippen LogP contribution < -0.4 is 5.56 Å². The molecule has 19 heavy (non-hydrogen) atoms. The number of carbonyl (C=O) groups is 1. The largest absolute Gasteiger partial charge is 0.466 e. The van der Waals surface area contributed by atoms with E-state index in [2.05, 4.69) is 4.74 Å². The molecule has 0 unspecified atom stereocenters. The highest BCUT2D eigenvalue weighted by Crippen LogP contribution is 2.08. The summed E-state index contributed by atoms with van der Waals surface area (Å²) in [4.78, 5) is 23.5. The van der Waals surface area contributed by atoms with Crippen molar-refractivity contribution in [2.24, 2.45) is 0 Å². The van der Waals surface area contributed by atoms with E-state index >= 15 is 0 Å². The highest BCUT2D eigenvalue weighted by molar-refractivity contribution is 5.87. The summed E-state index contributed by atoms with van der Waals surface area (Å²) in [6.07, 6.45) is 3.41. The van der Waals surface area contributed by atoms with Crippen LogP contribution in [0.25, 0.3) is 10.8 Å². The third-order valence-corrected chi connectivity index (χ3v) is 2.99. The molecule has 0 aliphatic heterocycles. The molecule has 4 nitrogen and oxygen atoms in total. The number of ether oxygens (including phenoxy) is 1. The number of allylic oxidation sites excluding steroid dienone is 1. The Hall–Kier alpha value is -2.36. The lowest BCUT2D eigenvalue weighted by molar-refractivity contribution is -0.136. The number of benzene rings is 1. The first-order chi connectivity index (χ1) is 9.13. The van der Waals surface area contributed by atoms with Crippen molar-refractivity contribution < 1.29 is 9.53 Å². The molecule has 0 fully saturated rings. The standard InChI is InChI=1S/C15H15NO3/c1-11(15(18)19-2)7-9-16-10-8-12-5-3-4-6-13(12)14(16)17/h3-8,10H,9H2,1-2H3/b11-7+. The Morgan fingerprint density at radius 1 is 1.32 bits per heavy atom. The molecule has 98 valence electrons. The molecule has 0 aliphatic carbocycles. The molecular weight excluding hydrogens is 242 g/mol. The molecule has 0 amide bonds. The summed E-state index contributed by atoms with van der Waals surface area (Å²) in [5.41, 5.74) is 0.426. The molecule has 0 spiro atoms. The minimum atomic E-state index is -0.381. The van der Waals surface area contributed by atoms with Crippen molar-refractivity contribution in [2.75, 3.05) is 7.11 Å². The predicted molar refractivity (Wildman–Crippen MR) is 74.0 cm³/mol. The van der Waals surface area contributed by atoms with Crippen LogP contribution in [0.2, 0.25) is 0 Å². The Morgan fingerprint density at radius 2 is 2.05 bits per heavy atom. The summed E-state index contributed by atoms with van der Waals surface area (Å²) in [7, 11) is 1.34. The molecular formula is C15H15NO3. The summed E-state index contributed by atoms with van der Waals surface area (Å²) in [6, 6.07) is 9.32. The molecule has 0 N–H and O–H groups in total. The Morgan fingerprint density at radius 3 is 2.79 bits per heavy atom. The Labute approximate surface area is 110 Å². The van der Waals surface area contributed by atoms with Crippen molar-refractivity contribution in [3.8, 4) is 0 Å². The summed E-state index contributed by atoms with van der Waals surface area (Å²) in [5.74, 6) is -0.381. The van der Waals surface area contributed by atoms with Crippen LogP contribution in [0.4, 0.5) is 0 Å². The van der Waals surface area contributed by atoms with Gasteiger partial charge in [-0.2, -0.15) is 0 Å². The monoisotopic (exact) mass is 257 g/mol. The highest BCUT2D eigenvalue weighted by atomic mass is 16.5. The summed E-state index contributed by atoms with van der Waals surface area (Å²) < 4.78 is 6.17. The first-order valence-corrected chi connectivity index (χ1v) is 5.96. The van der Waals surface area contributed by atoms with E-state index in [1.54, 1.807) is 29.8 Å². The van der Waals surface area contributed by atoms with Gasteiger partial charge in [-0.25, -0.2) is 4.79 Å². The second-order valence-electron chi connectivity index (χ2n) is 4.24. The SMILES string of the molecule is COC(=O)/C(C)=C/Cn1ccc2ccccc2c1=O. The Kier molecular flexibility index (Phi) is 3.80. The Balaban J connectivity index is 2.35. The summed E-state index contributed by atoms with van der Waals surface area (Å²) in [6.45, 7) is 2.02. The number of aromatic nitrogens is 1. The van der Waals surface area contributed by atoms with Gasteiger partial charge in [-0.3, -0.25) is 4.79 Å². The minimum absolute atomic E-state index is 0.0629. The van der Waals surface area contributed by atoms with Crippen LogP contribution in [0.15, 0.2) is 53.0 Å². The van der Waals surface area contributed by atoms with E-state index in [9.17, 15) is 9.59 Å². The minimum Gasteiger partial charge on any atom is -0.466 e. The van der Waals surface area contributed by atoms with E-state index < -0.39 is 0 Å². The average molecular weight is 257 g/mol. The molecule has 4 heteroatoms. The number of carbonyl (C=O) groups excluding carboxylic acids is 1. The van der Waals surface area contributed by atoms with E-state index in [4.69, 9.17) is 0 Å². The molecule has 0 atom stereocenters. The van der Waals surface area contributed by atoms with Gasteiger partial charge in [-0.15, -0.1) is 0 Å². The van der Waals surface area contributed by atoms with E-state index in [0.29, 0.717) is 17.5 Å². The lowest BCUT2D eigenvalue weighted by Gasteiger charge is -2.05. The number of rotatable bonds is 3. The average Bonchev–Trinajstić information content (AvgIpc) is 2.45. The van der Waals surface area contributed by atoms with Gasteiger partial charge in [0.15, 0.2) is 0 Å². The molecule has 2 rings (SSSR count). The van der Waals surface area contributed by atoms with Gasteiger partial charge in [0.05, 0.1) is 7.11 Å². The number of esters is 1. The quantitative estimate of drug-likeness (QED) is 0.625. The van der Waals surface area contributed by atoms with Gasteiger partial charge in [0, 0.05) is 23.7 Å². The lowest BCUT2D eigenvalue weighted by atomic mass is 10.2. The molecule has 1 aromatic carbocycles. The molecule has 1 heterocycles. The number of hydrogen-bond acceptors (Lipinski definition) is 3. The van der Waals surface area contributed by atoms with Crippen molar-refractivity contribution >= 4 is 16.7 Å². The molecule has 0 saturated heterocycles. The second-order valence-corrected chi connectivity index (χ2v) is 4.24. The van der Waals surface area contributed by atoms with Gasteiger partial charge in [-0.1, -0.05) is 24.3 Å². The highest BCUT2D eigenvalue weighted by Gasteiger charge is 2.04. The van der Waals surface area contributed by atoms with E-state index in [1.807, 2.05) is 24.3 Å². The van der Waals surface area contributed by atoms with Crippen LogP contribution in [-0.2, 0) is 16.1 Å². The van der Waals surface area contributed by atoms with Gasteiger partial charge in [0.1, 0.15) is 0 Å². The van der Waals surface area contributed by atoms with Crippen molar-refractivity contribution in [3.05, 3.63) is 58.5 Å². The second kappa shape index (κ2) is 5.52. The van der Waals surface area contributed by atoms with Gasteiger partial charge in [0.25, 0.3) is 5.56 Å². The fourth-order valence-corrected chi connectivity index (χ4v) is 1.85. The zero-order valence-electron chi connectivity index (χ0n) is 10.9. The molecule has 0 bridgehead atoms. The number of hydrogen-bond donors (Lipinski definition) is 0. The van der Waals surface area contributed by atoms with Crippen LogP contribution in [0.1, 0.15) is 6.92 Å². The van der Waals surface area contributed by atoms with Crippen LogP contribution >= 0.6 is 0 Å². The topological polar surface area (TPSA) is 48.3 Å². The first kappa shape index (κ1) is 13.1. The number of methoxy groups -OCH3 is 1. The van der Waals surface area contributed by atoms with Crippen molar-refractivity contribution in [3.63, 3.8) is 0 Å². The smallest absolute Gasteiger partial charge is 0.333 e. The number of fused-ring (bicyclic) bond motifs is 1. The van der Waals surface area contributed by atoms with E-state index in [0.717, 1.165) is 5.39 Å².